The molecule has 0 saturated carbocycles. The summed E-state index contributed by atoms with van der Waals surface area (Å²) in [5, 5.41) is 8.11. The van der Waals surface area contributed by atoms with E-state index in [1.54, 1.807) is 24.7 Å². The maximum absolute atomic E-state index is 12.5. The first-order valence-corrected chi connectivity index (χ1v) is 8.89. The fourth-order valence-corrected chi connectivity index (χ4v) is 2.84. The van der Waals surface area contributed by atoms with Gasteiger partial charge in [0.25, 0.3) is 5.91 Å². The lowest BCUT2D eigenvalue weighted by Crippen LogP contribution is -2.23. The predicted octanol–water partition coefficient (Wildman–Crippen LogP) is 3.51. The normalized spacial score (nSPS) is 11.1. The molecule has 1 amide bonds. The summed E-state index contributed by atoms with van der Waals surface area (Å²) in [4.78, 5) is 23.4. The zero-order chi connectivity index (χ0) is 18.7. The summed E-state index contributed by atoms with van der Waals surface area (Å²) in [6, 6.07) is 5.77. The van der Waals surface area contributed by atoms with Gasteiger partial charge in [-0.1, -0.05) is 0 Å². The highest BCUT2D eigenvalue weighted by atomic mass is 16.1. The maximum atomic E-state index is 12.5. The molecule has 3 heterocycles. The van der Waals surface area contributed by atoms with E-state index >= 15 is 0 Å². The van der Waals surface area contributed by atoms with Crippen molar-refractivity contribution < 1.29 is 4.79 Å². The second-order valence-electron chi connectivity index (χ2n) is 6.35. The van der Waals surface area contributed by atoms with Crippen LogP contribution in [-0.2, 0) is 0 Å². The number of hydrogen-bond acceptors (Lipinski definition) is 5. The molecule has 0 unspecified atom stereocenters. The van der Waals surface area contributed by atoms with E-state index < -0.39 is 0 Å². The van der Waals surface area contributed by atoms with Gasteiger partial charge in [0.2, 0.25) is 0 Å². The topological polar surface area (TPSA) is 75.9 Å². The lowest BCUT2D eigenvalue weighted by atomic mass is 10.2. The van der Waals surface area contributed by atoms with Gasteiger partial charge < -0.3 is 10.2 Å². The lowest BCUT2D eigenvalue weighted by Gasteiger charge is -2.19. The van der Waals surface area contributed by atoms with Crippen LogP contribution in [0.15, 0.2) is 36.8 Å². The Kier molecular flexibility index (Phi) is 5.16. The number of carbonyl (C=O) groups excluding carboxylic acids is 1. The van der Waals surface area contributed by atoms with E-state index in [1.807, 2.05) is 16.8 Å². The summed E-state index contributed by atoms with van der Waals surface area (Å²) in [6.07, 6.45) is 5.02. The molecule has 0 saturated heterocycles. The second-order valence-corrected chi connectivity index (χ2v) is 6.35. The van der Waals surface area contributed by atoms with Gasteiger partial charge in [-0.25, -0.2) is 14.6 Å². The smallest absolute Gasteiger partial charge is 0.257 e. The zero-order valence-corrected chi connectivity index (χ0v) is 15.6. The zero-order valence-electron chi connectivity index (χ0n) is 15.6. The first kappa shape index (κ1) is 17.8. The number of amides is 1. The Hall–Kier alpha value is -2.96. The number of fused-ring (bicyclic) bond motifs is 1. The molecule has 0 aromatic carbocycles. The van der Waals surface area contributed by atoms with Crippen molar-refractivity contribution in [1.29, 1.82) is 0 Å². The van der Waals surface area contributed by atoms with Gasteiger partial charge in [0, 0.05) is 30.7 Å². The Morgan fingerprint density at radius 3 is 2.54 bits per heavy atom. The predicted molar refractivity (Wildman–Crippen MR) is 104 cm³/mol. The van der Waals surface area contributed by atoms with E-state index in [4.69, 9.17) is 0 Å². The summed E-state index contributed by atoms with van der Waals surface area (Å²) in [7, 11) is 0. The Labute approximate surface area is 153 Å². The van der Waals surface area contributed by atoms with Gasteiger partial charge in [0.05, 0.1) is 23.6 Å². The summed E-state index contributed by atoms with van der Waals surface area (Å²) >= 11 is 0. The van der Waals surface area contributed by atoms with Crippen molar-refractivity contribution in [3.63, 3.8) is 0 Å². The van der Waals surface area contributed by atoms with Gasteiger partial charge >= 0.3 is 0 Å². The first-order chi connectivity index (χ1) is 12.5. The van der Waals surface area contributed by atoms with E-state index in [-0.39, 0.29) is 11.9 Å². The van der Waals surface area contributed by atoms with Crippen molar-refractivity contribution in [3.8, 4) is 0 Å². The third-order valence-electron chi connectivity index (χ3n) is 4.28. The molecule has 3 rings (SSSR count). The van der Waals surface area contributed by atoms with Gasteiger partial charge in [0.1, 0.15) is 5.82 Å². The molecular formula is C19H24N6O. The van der Waals surface area contributed by atoms with Crippen molar-refractivity contribution in [3.05, 3.63) is 42.4 Å². The molecule has 1 N–H and O–H groups in total. The van der Waals surface area contributed by atoms with Crippen LogP contribution in [0.25, 0.3) is 11.0 Å². The van der Waals surface area contributed by atoms with Crippen LogP contribution in [0, 0.1) is 0 Å². The van der Waals surface area contributed by atoms with Crippen LogP contribution in [-0.4, -0.2) is 38.7 Å². The number of carbonyl (C=O) groups is 1. The monoisotopic (exact) mass is 352 g/mol. The molecule has 0 spiro atoms. The van der Waals surface area contributed by atoms with Gasteiger partial charge in [-0.15, -0.1) is 0 Å². The molecule has 0 aliphatic carbocycles. The third kappa shape index (κ3) is 3.51. The van der Waals surface area contributed by atoms with Crippen LogP contribution < -0.4 is 10.2 Å². The first-order valence-electron chi connectivity index (χ1n) is 8.89. The molecule has 136 valence electrons. The minimum atomic E-state index is -0.207. The molecule has 0 aliphatic rings. The van der Waals surface area contributed by atoms with Crippen LogP contribution in [0.2, 0.25) is 0 Å². The molecule has 7 nitrogen and oxygen atoms in total. The minimum absolute atomic E-state index is 0.207. The number of nitrogens with zero attached hydrogens (tertiary/aromatic N) is 5. The number of rotatable bonds is 6. The number of pyridine rings is 2. The maximum Gasteiger partial charge on any atom is 0.257 e. The number of anilines is 2. The minimum Gasteiger partial charge on any atom is -0.357 e. The van der Waals surface area contributed by atoms with Gasteiger partial charge in [-0.2, -0.15) is 5.10 Å². The highest BCUT2D eigenvalue weighted by molar-refractivity contribution is 6.04. The number of hydrogen-bond donors (Lipinski definition) is 1. The van der Waals surface area contributed by atoms with E-state index in [1.165, 1.54) is 0 Å². The van der Waals surface area contributed by atoms with E-state index in [9.17, 15) is 4.79 Å². The fourth-order valence-electron chi connectivity index (χ4n) is 2.84. The molecule has 7 heteroatoms. The molecule has 26 heavy (non-hydrogen) atoms. The Bertz CT molecular complexity index is 896. The van der Waals surface area contributed by atoms with Crippen LogP contribution in [0.1, 0.15) is 44.1 Å². The van der Waals surface area contributed by atoms with E-state index in [2.05, 4.69) is 53.0 Å². The van der Waals surface area contributed by atoms with Crippen molar-refractivity contribution in [2.75, 3.05) is 23.3 Å². The van der Waals surface area contributed by atoms with Crippen LogP contribution in [0.5, 0.6) is 0 Å². The molecule has 3 aromatic rings. The van der Waals surface area contributed by atoms with Crippen molar-refractivity contribution in [1.82, 2.24) is 19.7 Å². The molecule has 0 radical (unpaired) electrons. The quantitative estimate of drug-likeness (QED) is 0.735. The summed E-state index contributed by atoms with van der Waals surface area (Å²) < 4.78 is 1.86. The van der Waals surface area contributed by atoms with Crippen LogP contribution in [0.4, 0.5) is 11.5 Å². The summed E-state index contributed by atoms with van der Waals surface area (Å²) in [5.41, 5.74) is 1.96. The van der Waals surface area contributed by atoms with E-state index in [0.717, 1.165) is 29.9 Å². The molecule has 0 bridgehead atoms. The molecular weight excluding hydrogens is 328 g/mol. The summed E-state index contributed by atoms with van der Waals surface area (Å²) in [6.45, 7) is 10.0. The van der Waals surface area contributed by atoms with Crippen molar-refractivity contribution in [2.24, 2.45) is 0 Å². The molecule has 0 aliphatic heterocycles. The van der Waals surface area contributed by atoms with Crippen molar-refractivity contribution >= 4 is 28.4 Å². The average molecular weight is 352 g/mol. The van der Waals surface area contributed by atoms with E-state index in [0.29, 0.717) is 11.3 Å². The Balaban J connectivity index is 1.76. The number of nitrogens with one attached hydrogen (secondary N) is 1. The second kappa shape index (κ2) is 7.51. The van der Waals surface area contributed by atoms with Gasteiger partial charge in [0.15, 0.2) is 5.65 Å². The van der Waals surface area contributed by atoms with Crippen LogP contribution >= 0.6 is 0 Å². The largest absolute Gasteiger partial charge is 0.357 e. The standard InChI is InChI=1S/C19H24N6O/c1-5-24(6-2)17-8-7-14(10-20-17)19(26)23-16-9-15-11-22-25(13(3)4)18(15)21-12-16/h7-13H,5-6H2,1-4H3,(H,23,26). The third-order valence-corrected chi connectivity index (χ3v) is 4.28. The number of aromatic nitrogens is 4. The molecule has 0 atom stereocenters. The Morgan fingerprint density at radius 2 is 1.92 bits per heavy atom. The molecule has 3 aromatic heterocycles. The summed E-state index contributed by atoms with van der Waals surface area (Å²) in [5.74, 6) is 0.664. The van der Waals surface area contributed by atoms with Gasteiger partial charge in [-0.05, 0) is 45.9 Å². The SMILES string of the molecule is CCN(CC)c1ccc(C(=O)Nc2cnc3c(cnn3C(C)C)c2)cn1. The highest BCUT2D eigenvalue weighted by Crippen LogP contribution is 2.20. The average Bonchev–Trinajstić information content (AvgIpc) is 3.07. The highest BCUT2D eigenvalue weighted by Gasteiger charge is 2.11. The lowest BCUT2D eigenvalue weighted by molar-refractivity contribution is 0.102. The van der Waals surface area contributed by atoms with Crippen molar-refractivity contribution in [2.45, 2.75) is 33.7 Å². The molecule has 0 fully saturated rings. The van der Waals surface area contributed by atoms with Crippen LogP contribution in [0.3, 0.4) is 0 Å². The van der Waals surface area contributed by atoms with Gasteiger partial charge in [-0.3, -0.25) is 4.79 Å². The Morgan fingerprint density at radius 1 is 1.15 bits per heavy atom. The fraction of sp³-hybridized carbons (Fsp3) is 0.368.